The van der Waals surface area contributed by atoms with E-state index in [1.165, 1.54) is 5.56 Å². The van der Waals surface area contributed by atoms with Crippen molar-refractivity contribution in [3.63, 3.8) is 0 Å². The molecule has 7 nitrogen and oxygen atoms in total. The van der Waals surface area contributed by atoms with Gasteiger partial charge in [0.2, 0.25) is 0 Å². The zero-order valence-corrected chi connectivity index (χ0v) is 19.6. The van der Waals surface area contributed by atoms with Gasteiger partial charge in [-0.3, -0.25) is 4.99 Å². The first kappa shape index (κ1) is 24.5. The molecule has 2 N–H and O–H groups in total. The lowest BCUT2D eigenvalue weighted by molar-refractivity contribution is 0.145. The number of benzene rings is 2. The van der Waals surface area contributed by atoms with E-state index in [0.717, 1.165) is 28.6 Å². The first-order valence-electron chi connectivity index (χ1n) is 10.4. The summed E-state index contributed by atoms with van der Waals surface area (Å²) in [4.78, 5) is 6.56. The van der Waals surface area contributed by atoms with E-state index >= 15 is 0 Å². The van der Waals surface area contributed by atoms with Crippen molar-refractivity contribution in [3.05, 3.63) is 59.2 Å². The smallest absolute Gasteiger partial charge is 0.191 e. The van der Waals surface area contributed by atoms with Crippen molar-refractivity contribution >= 4 is 5.96 Å². The molecule has 0 aliphatic rings. The SMILES string of the molecule is CN=C(NCc1ccc(C)cc1OCCOC)NCC(c1ccc(OC)cc1)N(C)C. The van der Waals surface area contributed by atoms with Gasteiger partial charge in [-0.2, -0.15) is 0 Å². The summed E-state index contributed by atoms with van der Waals surface area (Å²) in [5.74, 6) is 2.46. The van der Waals surface area contributed by atoms with Crippen LogP contribution >= 0.6 is 0 Å². The van der Waals surface area contributed by atoms with Crippen molar-refractivity contribution in [2.75, 3.05) is 55.1 Å². The average Bonchev–Trinajstić information content (AvgIpc) is 2.77. The molecule has 0 amide bonds. The molecule has 31 heavy (non-hydrogen) atoms. The topological polar surface area (TPSA) is 67.4 Å². The summed E-state index contributed by atoms with van der Waals surface area (Å²) in [6, 6.07) is 14.6. The first-order chi connectivity index (χ1) is 15.0. The quantitative estimate of drug-likeness (QED) is 0.326. The number of hydrogen-bond donors (Lipinski definition) is 2. The Balaban J connectivity index is 1.98. The van der Waals surface area contributed by atoms with Gasteiger partial charge in [-0.15, -0.1) is 0 Å². The van der Waals surface area contributed by atoms with Crippen molar-refractivity contribution in [1.82, 2.24) is 15.5 Å². The zero-order chi connectivity index (χ0) is 22.6. The first-order valence-corrected chi connectivity index (χ1v) is 10.4. The van der Waals surface area contributed by atoms with Gasteiger partial charge >= 0.3 is 0 Å². The van der Waals surface area contributed by atoms with Crippen LogP contribution in [-0.2, 0) is 11.3 Å². The minimum absolute atomic E-state index is 0.191. The standard InChI is InChI=1S/C24H36N4O3/c1-18-7-8-20(23(15-18)31-14-13-29-5)16-26-24(25-2)27-17-22(28(3)4)19-9-11-21(30-6)12-10-19/h7-12,15,22H,13-14,16-17H2,1-6H3,(H2,25,26,27). The van der Waals surface area contributed by atoms with Gasteiger partial charge in [-0.1, -0.05) is 24.3 Å². The number of guanidine groups is 1. The van der Waals surface area contributed by atoms with Gasteiger partial charge < -0.3 is 29.7 Å². The Morgan fingerprint density at radius 1 is 1.03 bits per heavy atom. The Morgan fingerprint density at radius 2 is 1.77 bits per heavy atom. The Morgan fingerprint density at radius 3 is 2.39 bits per heavy atom. The van der Waals surface area contributed by atoms with Crippen LogP contribution in [0.1, 0.15) is 22.7 Å². The summed E-state index contributed by atoms with van der Waals surface area (Å²) in [5.41, 5.74) is 3.44. The molecule has 0 aliphatic carbocycles. The second kappa shape index (κ2) is 12.8. The summed E-state index contributed by atoms with van der Waals surface area (Å²) >= 11 is 0. The zero-order valence-electron chi connectivity index (χ0n) is 19.6. The summed E-state index contributed by atoms with van der Waals surface area (Å²) in [6.07, 6.45) is 0. The maximum absolute atomic E-state index is 5.89. The highest BCUT2D eigenvalue weighted by atomic mass is 16.5. The Kier molecular flexibility index (Phi) is 10.1. The van der Waals surface area contributed by atoms with Gasteiger partial charge in [0, 0.05) is 32.8 Å². The van der Waals surface area contributed by atoms with Gasteiger partial charge in [-0.05, 0) is 50.3 Å². The van der Waals surface area contributed by atoms with E-state index in [0.29, 0.717) is 26.3 Å². The summed E-state index contributed by atoms with van der Waals surface area (Å²) in [5, 5.41) is 6.83. The molecule has 1 unspecified atom stereocenters. The number of hydrogen-bond acceptors (Lipinski definition) is 5. The molecular formula is C24H36N4O3. The van der Waals surface area contributed by atoms with Crippen molar-refractivity contribution in [2.45, 2.75) is 19.5 Å². The second-order valence-electron chi connectivity index (χ2n) is 7.51. The molecule has 0 saturated carbocycles. The fourth-order valence-electron chi connectivity index (χ4n) is 3.19. The molecule has 1 atom stereocenters. The van der Waals surface area contributed by atoms with Crippen LogP contribution in [-0.4, -0.2) is 66.0 Å². The lowest BCUT2D eigenvalue weighted by Crippen LogP contribution is -2.41. The van der Waals surface area contributed by atoms with Crippen LogP contribution in [0.5, 0.6) is 11.5 Å². The number of ether oxygens (including phenoxy) is 3. The number of likely N-dealkylation sites (N-methyl/N-ethyl adjacent to an activating group) is 1. The van der Waals surface area contributed by atoms with E-state index in [2.05, 4.69) is 71.9 Å². The summed E-state index contributed by atoms with van der Waals surface area (Å²) in [7, 11) is 9.27. The van der Waals surface area contributed by atoms with E-state index < -0.39 is 0 Å². The van der Waals surface area contributed by atoms with Crippen LogP contribution < -0.4 is 20.1 Å². The van der Waals surface area contributed by atoms with Crippen LogP contribution in [0.25, 0.3) is 0 Å². The Hall–Kier alpha value is -2.77. The van der Waals surface area contributed by atoms with E-state index in [9.17, 15) is 0 Å². The molecule has 170 valence electrons. The fraction of sp³-hybridized carbons (Fsp3) is 0.458. The third-order valence-corrected chi connectivity index (χ3v) is 5.02. The van der Waals surface area contributed by atoms with E-state index in [4.69, 9.17) is 14.2 Å². The lowest BCUT2D eigenvalue weighted by Gasteiger charge is -2.26. The normalized spacial score (nSPS) is 12.5. The monoisotopic (exact) mass is 428 g/mol. The van der Waals surface area contributed by atoms with Crippen molar-refractivity contribution in [3.8, 4) is 11.5 Å². The maximum atomic E-state index is 5.89. The second-order valence-corrected chi connectivity index (χ2v) is 7.51. The van der Waals surface area contributed by atoms with Crippen LogP contribution in [0.2, 0.25) is 0 Å². The molecule has 2 rings (SSSR count). The Bertz CT molecular complexity index is 822. The number of nitrogens with zero attached hydrogens (tertiary/aromatic N) is 2. The molecular weight excluding hydrogens is 392 g/mol. The van der Waals surface area contributed by atoms with Gasteiger partial charge in [0.25, 0.3) is 0 Å². The third-order valence-electron chi connectivity index (χ3n) is 5.02. The van der Waals surface area contributed by atoms with Crippen molar-refractivity contribution in [2.24, 2.45) is 4.99 Å². The van der Waals surface area contributed by atoms with Crippen molar-refractivity contribution < 1.29 is 14.2 Å². The van der Waals surface area contributed by atoms with E-state index in [1.807, 2.05) is 12.1 Å². The minimum Gasteiger partial charge on any atom is -0.497 e. The van der Waals surface area contributed by atoms with Gasteiger partial charge in [0.15, 0.2) is 5.96 Å². The van der Waals surface area contributed by atoms with Gasteiger partial charge in [0.05, 0.1) is 19.8 Å². The van der Waals surface area contributed by atoms with Crippen LogP contribution in [0, 0.1) is 6.92 Å². The fourth-order valence-corrected chi connectivity index (χ4v) is 3.19. The molecule has 2 aromatic carbocycles. The molecule has 7 heteroatoms. The van der Waals surface area contributed by atoms with Crippen LogP contribution in [0.4, 0.5) is 0 Å². The van der Waals surface area contributed by atoms with E-state index in [-0.39, 0.29) is 6.04 Å². The van der Waals surface area contributed by atoms with Crippen molar-refractivity contribution in [1.29, 1.82) is 0 Å². The highest BCUT2D eigenvalue weighted by molar-refractivity contribution is 5.79. The Labute approximate surface area is 186 Å². The maximum Gasteiger partial charge on any atom is 0.191 e. The van der Waals surface area contributed by atoms with Gasteiger partial charge in [-0.25, -0.2) is 0 Å². The average molecular weight is 429 g/mol. The number of aryl methyl sites for hydroxylation is 1. The third kappa shape index (κ3) is 7.77. The molecule has 0 saturated heterocycles. The number of methoxy groups -OCH3 is 2. The molecule has 0 spiro atoms. The van der Waals surface area contributed by atoms with Gasteiger partial charge in [0.1, 0.15) is 18.1 Å². The molecule has 0 radical (unpaired) electrons. The summed E-state index contributed by atoms with van der Waals surface area (Å²) in [6.45, 7) is 4.45. The number of nitrogens with one attached hydrogen (secondary N) is 2. The highest BCUT2D eigenvalue weighted by Crippen LogP contribution is 2.21. The number of aliphatic imine (C=N–C) groups is 1. The molecule has 0 bridgehead atoms. The molecule has 0 aromatic heterocycles. The number of rotatable bonds is 11. The predicted molar refractivity (Wildman–Crippen MR) is 126 cm³/mol. The molecule has 0 heterocycles. The molecule has 0 aliphatic heterocycles. The predicted octanol–water partition coefficient (Wildman–Crippen LogP) is 3.00. The highest BCUT2D eigenvalue weighted by Gasteiger charge is 2.15. The largest absolute Gasteiger partial charge is 0.497 e. The molecule has 2 aromatic rings. The minimum atomic E-state index is 0.191. The lowest BCUT2D eigenvalue weighted by atomic mass is 10.1. The molecule has 0 fully saturated rings. The van der Waals surface area contributed by atoms with Crippen LogP contribution in [0.3, 0.4) is 0 Å². The van der Waals surface area contributed by atoms with E-state index in [1.54, 1.807) is 21.3 Å². The van der Waals surface area contributed by atoms with Crippen LogP contribution in [0.15, 0.2) is 47.5 Å². The summed E-state index contributed by atoms with van der Waals surface area (Å²) < 4.78 is 16.3.